The van der Waals surface area contributed by atoms with Crippen molar-refractivity contribution in [3.8, 4) is 0 Å². The fourth-order valence-electron chi connectivity index (χ4n) is 3.39. The average molecular weight is 383 g/mol. The normalized spacial score (nSPS) is 16.1. The SMILES string of the molecule is Cc1cccc(NC(=O)c2sc3c(c2C)[C@H](c2ccsc2)CC(=O)N3)c1. The minimum atomic E-state index is -0.134. The van der Waals surface area contributed by atoms with E-state index in [0.29, 0.717) is 11.3 Å². The van der Waals surface area contributed by atoms with E-state index >= 15 is 0 Å². The number of carbonyl (C=O) groups is 2. The number of benzene rings is 1. The minimum Gasteiger partial charge on any atom is -0.321 e. The quantitative estimate of drug-likeness (QED) is 0.658. The second kappa shape index (κ2) is 6.70. The third-order valence-electron chi connectivity index (χ3n) is 4.61. The van der Waals surface area contributed by atoms with Gasteiger partial charge in [0.15, 0.2) is 0 Å². The number of fused-ring (bicyclic) bond motifs is 1. The van der Waals surface area contributed by atoms with E-state index in [1.165, 1.54) is 11.3 Å². The molecule has 0 saturated carbocycles. The van der Waals surface area contributed by atoms with Gasteiger partial charge in [0.25, 0.3) is 5.91 Å². The molecule has 0 aliphatic carbocycles. The molecule has 0 bridgehead atoms. The van der Waals surface area contributed by atoms with Crippen LogP contribution < -0.4 is 10.6 Å². The first-order chi connectivity index (χ1) is 12.5. The summed E-state index contributed by atoms with van der Waals surface area (Å²) < 4.78 is 0. The van der Waals surface area contributed by atoms with Gasteiger partial charge in [0.05, 0.1) is 9.88 Å². The molecule has 0 radical (unpaired) electrons. The van der Waals surface area contributed by atoms with Crippen molar-refractivity contribution in [2.45, 2.75) is 26.2 Å². The average Bonchev–Trinajstić information content (AvgIpc) is 3.23. The Morgan fingerprint density at radius 1 is 1.27 bits per heavy atom. The van der Waals surface area contributed by atoms with Crippen molar-refractivity contribution in [3.05, 3.63) is 68.2 Å². The second-order valence-electron chi connectivity index (χ2n) is 6.48. The van der Waals surface area contributed by atoms with Gasteiger partial charge in [-0.05, 0) is 65.1 Å². The maximum absolute atomic E-state index is 12.8. The molecule has 1 aliphatic heterocycles. The first-order valence-corrected chi connectivity index (χ1v) is 10.1. The lowest BCUT2D eigenvalue weighted by atomic mass is 9.86. The third-order valence-corrected chi connectivity index (χ3v) is 6.54. The standard InChI is InChI=1S/C20H18N2O2S2/c1-11-4-3-5-14(8-11)21-19(24)18-12(2)17-15(13-6-7-25-10-13)9-16(23)22-20(17)26-18/h3-8,10,15H,9H2,1-2H3,(H,21,24)(H,22,23)/t15-/m0/s1. The molecule has 4 rings (SSSR count). The van der Waals surface area contributed by atoms with Crippen molar-refractivity contribution in [3.63, 3.8) is 0 Å². The Kier molecular flexibility index (Phi) is 4.38. The number of hydrogen-bond acceptors (Lipinski definition) is 4. The maximum Gasteiger partial charge on any atom is 0.266 e. The molecule has 0 spiro atoms. The first-order valence-electron chi connectivity index (χ1n) is 8.36. The van der Waals surface area contributed by atoms with Crippen LogP contribution in [0.3, 0.4) is 0 Å². The summed E-state index contributed by atoms with van der Waals surface area (Å²) in [6.45, 7) is 3.96. The van der Waals surface area contributed by atoms with Crippen LogP contribution in [0, 0.1) is 13.8 Å². The highest BCUT2D eigenvalue weighted by molar-refractivity contribution is 7.18. The largest absolute Gasteiger partial charge is 0.321 e. The predicted octanol–water partition coefficient (Wildman–Crippen LogP) is 5.15. The Morgan fingerprint density at radius 3 is 2.85 bits per heavy atom. The zero-order chi connectivity index (χ0) is 18.3. The highest BCUT2D eigenvalue weighted by Crippen LogP contribution is 2.45. The fourth-order valence-corrected chi connectivity index (χ4v) is 5.28. The Balaban J connectivity index is 1.70. The monoisotopic (exact) mass is 382 g/mol. The van der Waals surface area contributed by atoms with Crippen LogP contribution in [0.4, 0.5) is 10.7 Å². The van der Waals surface area contributed by atoms with Crippen LogP contribution in [0.5, 0.6) is 0 Å². The van der Waals surface area contributed by atoms with Gasteiger partial charge in [-0.15, -0.1) is 11.3 Å². The van der Waals surface area contributed by atoms with Gasteiger partial charge in [-0.2, -0.15) is 11.3 Å². The van der Waals surface area contributed by atoms with E-state index in [4.69, 9.17) is 0 Å². The van der Waals surface area contributed by atoms with Gasteiger partial charge >= 0.3 is 0 Å². The van der Waals surface area contributed by atoms with E-state index in [0.717, 1.165) is 32.9 Å². The van der Waals surface area contributed by atoms with Crippen LogP contribution in [0.15, 0.2) is 41.1 Å². The zero-order valence-electron chi connectivity index (χ0n) is 14.5. The molecule has 0 saturated heterocycles. The lowest BCUT2D eigenvalue weighted by molar-refractivity contribution is -0.116. The summed E-state index contributed by atoms with van der Waals surface area (Å²) in [4.78, 5) is 25.6. The summed E-state index contributed by atoms with van der Waals surface area (Å²) >= 11 is 2.98. The molecule has 6 heteroatoms. The molecular weight excluding hydrogens is 364 g/mol. The van der Waals surface area contributed by atoms with Crippen molar-refractivity contribution in [2.24, 2.45) is 0 Å². The third kappa shape index (κ3) is 3.06. The molecule has 2 amide bonds. The van der Waals surface area contributed by atoms with Crippen molar-refractivity contribution in [1.29, 1.82) is 0 Å². The molecule has 2 aromatic heterocycles. The molecule has 1 aliphatic rings. The molecule has 4 nitrogen and oxygen atoms in total. The summed E-state index contributed by atoms with van der Waals surface area (Å²) in [7, 11) is 0. The zero-order valence-corrected chi connectivity index (χ0v) is 16.1. The predicted molar refractivity (Wildman–Crippen MR) is 108 cm³/mol. The molecule has 1 atom stereocenters. The van der Waals surface area contributed by atoms with Crippen LogP contribution in [0.1, 0.15) is 44.3 Å². The van der Waals surface area contributed by atoms with Gasteiger partial charge in [0.2, 0.25) is 5.91 Å². The maximum atomic E-state index is 12.8. The van der Waals surface area contributed by atoms with E-state index in [-0.39, 0.29) is 17.7 Å². The van der Waals surface area contributed by atoms with Gasteiger partial charge < -0.3 is 10.6 Å². The van der Waals surface area contributed by atoms with Crippen LogP contribution in [-0.4, -0.2) is 11.8 Å². The Bertz CT molecular complexity index is 989. The molecule has 26 heavy (non-hydrogen) atoms. The van der Waals surface area contributed by atoms with E-state index in [1.807, 2.05) is 43.5 Å². The number of rotatable bonds is 3. The number of anilines is 2. The van der Waals surface area contributed by atoms with E-state index in [9.17, 15) is 9.59 Å². The molecule has 132 valence electrons. The van der Waals surface area contributed by atoms with Crippen molar-refractivity contribution >= 4 is 45.2 Å². The molecule has 1 aromatic carbocycles. The topological polar surface area (TPSA) is 58.2 Å². The fraction of sp³-hybridized carbons (Fsp3) is 0.200. The lowest BCUT2D eigenvalue weighted by Gasteiger charge is -2.23. The van der Waals surface area contributed by atoms with Crippen LogP contribution in [-0.2, 0) is 4.79 Å². The van der Waals surface area contributed by atoms with E-state index < -0.39 is 0 Å². The van der Waals surface area contributed by atoms with Gasteiger partial charge in [-0.1, -0.05) is 12.1 Å². The molecule has 3 aromatic rings. The number of amides is 2. The molecule has 2 N–H and O–H groups in total. The van der Waals surface area contributed by atoms with Gasteiger partial charge in [0, 0.05) is 18.0 Å². The number of carbonyl (C=O) groups excluding carboxylic acids is 2. The summed E-state index contributed by atoms with van der Waals surface area (Å²) in [6, 6.07) is 9.79. The van der Waals surface area contributed by atoms with Crippen LogP contribution in [0.25, 0.3) is 0 Å². The lowest BCUT2D eigenvalue weighted by Crippen LogP contribution is -2.22. The van der Waals surface area contributed by atoms with Crippen LogP contribution >= 0.6 is 22.7 Å². The highest BCUT2D eigenvalue weighted by Gasteiger charge is 2.33. The Labute approximate surface area is 159 Å². The van der Waals surface area contributed by atoms with Crippen molar-refractivity contribution in [1.82, 2.24) is 0 Å². The van der Waals surface area contributed by atoms with Crippen molar-refractivity contribution < 1.29 is 9.59 Å². The van der Waals surface area contributed by atoms with Gasteiger partial charge in [-0.25, -0.2) is 0 Å². The number of thiophene rings is 2. The number of nitrogens with one attached hydrogen (secondary N) is 2. The Morgan fingerprint density at radius 2 is 2.12 bits per heavy atom. The second-order valence-corrected chi connectivity index (χ2v) is 8.28. The molecule has 3 heterocycles. The van der Waals surface area contributed by atoms with Crippen molar-refractivity contribution in [2.75, 3.05) is 10.6 Å². The minimum absolute atomic E-state index is 0.000548. The first kappa shape index (κ1) is 17.0. The van der Waals surface area contributed by atoms with E-state index in [2.05, 4.69) is 22.1 Å². The molecule has 0 unspecified atom stereocenters. The molecule has 0 fully saturated rings. The van der Waals surface area contributed by atoms with E-state index in [1.54, 1.807) is 11.3 Å². The molecular formula is C20H18N2O2S2. The Hall–Kier alpha value is -2.44. The highest BCUT2D eigenvalue weighted by atomic mass is 32.1. The van der Waals surface area contributed by atoms with Gasteiger partial charge in [0.1, 0.15) is 0 Å². The summed E-state index contributed by atoms with van der Waals surface area (Å²) in [5.74, 6) is -0.117. The number of hydrogen-bond donors (Lipinski definition) is 2. The van der Waals surface area contributed by atoms with Crippen LogP contribution in [0.2, 0.25) is 0 Å². The summed E-state index contributed by atoms with van der Waals surface area (Å²) in [6.07, 6.45) is 0.417. The smallest absolute Gasteiger partial charge is 0.266 e. The summed E-state index contributed by atoms with van der Waals surface area (Å²) in [5, 5.41) is 10.8. The number of aryl methyl sites for hydroxylation is 1. The van der Waals surface area contributed by atoms with Gasteiger partial charge in [-0.3, -0.25) is 9.59 Å². The summed E-state index contributed by atoms with van der Waals surface area (Å²) in [5.41, 5.74) is 5.03.